The van der Waals surface area contributed by atoms with E-state index in [-0.39, 0.29) is 5.82 Å². The number of hydrogen-bond acceptors (Lipinski definition) is 2. The van der Waals surface area contributed by atoms with E-state index in [0.29, 0.717) is 16.9 Å². The molecule has 14 heavy (non-hydrogen) atoms. The van der Waals surface area contributed by atoms with Crippen LogP contribution in [0.2, 0.25) is 0 Å². The molecule has 80 valence electrons. The van der Waals surface area contributed by atoms with Crippen molar-refractivity contribution in [3.63, 3.8) is 0 Å². The van der Waals surface area contributed by atoms with Gasteiger partial charge in [0.25, 0.3) is 0 Å². The smallest absolute Gasteiger partial charge is 0.128 e. The van der Waals surface area contributed by atoms with E-state index >= 15 is 0 Å². The molecule has 0 aromatic heterocycles. The molecule has 0 heterocycles. The van der Waals surface area contributed by atoms with Gasteiger partial charge in [0.1, 0.15) is 5.82 Å². The summed E-state index contributed by atoms with van der Waals surface area (Å²) in [4.78, 5) is 0. The van der Waals surface area contributed by atoms with E-state index in [2.05, 4.69) is 19.2 Å². The molecule has 0 spiro atoms. The van der Waals surface area contributed by atoms with Crippen LogP contribution in [0.3, 0.4) is 0 Å². The van der Waals surface area contributed by atoms with Crippen molar-refractivity contribution in [1.29, 1.82) is 0 Å². The van der Waals surface area contributed by atoms with Crippen LogP contribution < -0.4 is 11.1 Å². The first-order chi connectivity index (χ1) is 6.56. The Kier molecular flexibility index (Phi) is 5.68. The second kappa shape index (κ2) is 6.24. The summed E-state index contributed by atoms with van der Waals surface area (Å²) in [6.07, 6.45) is 1.25. The molecule has 0 saturated heterocycles. The second-order valence-electron chi connectivity index (χ2n) is 3.15. The van der Waals surface area contributed by atoms with Crippen molar-refractivity contribution in [1.82, 2.24) is 0 Å². The molecule has 0 aliphatic rings. The summed E-state index contributed by atoms with van der Waals surface area (Å²) >= 11 is 0. The second-order valence-corrected chi connectivity index (χ2v) is 3.15. The number of halogens is 1. The van der Waals surface area contributed by atoms with Gasteiger partial charge in [-0.05, 0) is 24.6 Å². The first-order valence-electron chi connectivity index (χ1n) is 4.80. The maximum Gasteiger partial charge on any atom is 0.128 e. The van der Waals surface area contributed by atoms with E-state index in [0.717, 1.165) is 0 Å². The van der Waals surface area contributed by atoms with Crippen LogP contribution in [0.5, 0.6) is 0 Å². The minimum Gasteiger partial charge on any atom is -0.397 e. The van der Waals surface area contributed by atoms with Crippen LogP contribution in [-0.4, -0.2) is 7.05 Å². The van der Waals surface area contributed by atoms with Gasteiger partial charge in [-0.1, -0.05) is 20.3 Å². The largest absolute Gasteiger partial charge is 0.397 e. The van der Waals surface area contributed by atoms with E-state index in [4.69, 9.17) is 5.73 Å². The lowest BCUT2D eigenvalue weighted by molar-refractivity contribution is 0.619. The number of anilines is 2. The van der Waals surface area contributed by atoms with E-state index in [1.807, 2.05) is 0 Å². The highest BCUT2D eigenvalue weighted by Gasteiger charge is 2.01. The Bertz CT molecular complexity index is 285. The van der Waals surface area contributed by atoms with E-state index in [1.165, 1.54) is 12.5 Å². The first kappa shape index (κ1) is 12.8. The van der Waals surface area contributed by atoms with Gasteiger partial charge in [0.05, 0.1) is 11.4 Å². The molecule has 0 amide bonds. The predicted molar refractivity (Wildman–Crippen MR) is 61.1 cm³/mol. The average Bonchev–Trinajstić information content (AvgIpc) is 2.12. The number of nitrogen functional groups attached to an aromatic ring is 1. The Hall–Kier alpha value is -1.25. The zero-order valence-corrected chi connectivity index (χ0v) is 9.32. The maximum atomic E-state index is 12.9. The van der Waals surface area contributed by atoms with Crippen molar-refractivity contribution < 1.29 is 4.39 Å². The highest BCUT2D eigenvalue weighted by atomic mass is 19.1. The molecule has 3 N–H and O–H groups in total. The number of hydrogen-bond donors (Lipinski definition) is 2. The molecule has 0 bridgehead atoms. The zero-order valence-electron chi connectivity index (χ0n) is 9.32. The Morgan fingerprint density at radius 3 is 2.29 bits per heavy atom. The molecule has 0 saturated carbocycles. The molecule has 0 atom stereocenters. The van der Waals surface area contributed by atoms with Gasteiger partial charge in [-0.15, -0.1) is 0 Å². The number of benzene rings is 1. The fraction of sp³-hybridized carbons (Fsp3) is 0.455. The van der Waals surface area contributed by atoms with Crippen LogP contribution in [0.15, 0.2) is 12.1 Å². The molecule has 0 radical (unpaired) electrons. The van der Waals surface area contributed by atoms with Gasteiger partial charge >= 0.3 is 0 Å². The summed E-state index contributed by atoms with van der Waals surface area (Å²) in [5, 5.41) is 2.80. The molecule has 3 heteroatoms. The predicted octanol–water partition coefficient (Wildman–Crippen LogP) is 3.17. The third kappa shape index (κ3) is 3.64. The quantitative estimate of drug-likeness (QED) is 0.680. The first-order valence-corrected chi connectivity index (χ1v) is 4.80. The standard InChI is InChI=1S/C8H11FN2.C3H8/c1-5-3-7(10)8(11-2)4-6(5)9;1-3-2/h3-4,11H,10H2,1-2H3;3H2,1-2H3. The lowest BCUT2D eigenvalue weighted by Gasteiger charge is -2.05. The third-order valence-electron chi connectivity index (χ3n) is 1.60. The molecule has 1 rings (SSSR count). The normalized spacial score (nSPS) is 8.93. The van der Waals surface area contributed by atoms with E-state index in [9.17, 15) is 4.39 Å². The summed E-state index contributed by atoms with van der Waals surface area (Å²) < 4.78 is 12.9. The van der Waals surface area contributed by atoms with Crippen LogP contribution in [-0.2, 0) is 0 Å². The summed E-state index contributed by atoms with van der Waals surface area (Å²) in [6.45, 7) is 5.94. The van der Waals surface area contributed by atoms with Crippen LogP contribution >= 0.6 is 0 Å². The van der Waals surface area contributed by atoms with Crippen LogP contribution in [0, 0.1) is 12.7 Å². The number of aryl methyl sites for hydroxylation is 1. The van der Waals surface area contributed by atoms with Gasteiger partial charge < -0.3 is 11.1 Å². The van der Waals surface area contributed by atoms with Crippen molar-refractivity contribution in [2.45, 2.75) is 27.2 Å². The summed E-state index contributed by atoms with van der Waals surface area (Å²) in [7, 11) is 1.71. The lowest BCUT2D eigenvalue weighted by Crippen LogP contribution is -1.97. The molecule has 0 unspecified atom stereocenters. The van der Waals surface area contributed by atoms with E-state index in [1.54, 1.807) is 20.0 Å². The summed E-state index contributed by atoms with van der Waals surface area (Å²) in [5.41, 5.74) is 7.35. The van der Waals surface area contributed by atoms with Crippen LogP contribution in [0.25, 0.3) is 0 Å². The highest BCUT2D eigenvalue weighted by molar-refractivity contribution is 5.66. The average molecular weight is 198 g/mol. The van der Waals surface area contributed by atoms with Gasteiger partial charge in [0, 0.05) is 7.05 Å². The molecule has 1 aromatic carbocycles. The topological polar surface area (TPSA) is 38.0 Å². The monoisotopic (exact) mass is 198 g/mol. The van der Waals surface area contributed by atoms with Crippen molar-refractivity contribution in [2.75, 3.05) is 18.1 Å². The zero-order chi connectivity index (χ0) is 11.1. The molecule has 0 fully saturated rings. The molecule has 0 aliphatic heterocycles. The van der Waals surface area contributed by atoms with Gasteiger partial charge in [-0.25, -0.2) is 4.39 Å². The summed E-state index contributed by atoms with van der Waals surface area (Å²) in [5.74, 6) is -0.233. The Morgan fingerprint density at radius 1 is 1.36 bits per heavy atom. The van der Waals surface area contributed by atoms with E-state index < -0.39 is 0 Å². The highest BCUT2D eigenvalue weighted by Crippen LogP contribution is 2.21. The Labute approximate surface area is 85.3 Å². The Morgan fingerprint density at radius 2 is 1.86 bits per heavy atom. The van der Waals surface area contributed by atoms with Crippen LogP contribution in [0.1, 0.15) is 25.8 Å². The van der Waals surface area contributed by atoms with Gasteiger partial charge in [0.15, 0.2) is 0 Å². The lowest BCUT2D eigenvalue weighted by atomic mass is 10.2. The van der Waals surface area contributed by atoms with Crippen molar-refractivity contribution in [2.24, 2.45) is 0 Å². The third-order valence-corrected chi connectivity index (χ3v) is 1.60. The molecular weight excluding hydrogens is 179 g/mol. The van der Waals surface area contributed by atoms with Crippen molar-refractivity contribution in [3.05, 3.63) is 23.5 Å². The maximum absolute atomic E-state index is 12.9. The van der Waals surface area contributed by atoms with Gasteiger partial charge in [-0.2, -0.15) is 0 Å². The minimum absolute atomic E-state index is 0.233. The van der Waals surface area contributed by atoms with Crippen molar-refractivity contribution >= 4 is 11.4 Å². The fourth-order valence-electron chi connectivity index (χ4n) is 0.920. The SMILES string of the molecule is CCC.CNc1cc(F)c(C)cc1N. The number of nitrogens with one attached hydrogen (secondary N) is 1. The summed E-state index contributed by atoms with van der Waals surface area (Å²) in [6, 6.07) is 3.01. The molecule has 0 aliphatic carbocycles. The Balaban J connectivity index is 0.000000500. The van der Waals surface area contributed by atoms with Crippen molar-refractivity contribution in [3.8, 4) is 0 Å². The number of nitrogens with two attached hydrogens (primary N) is 1. The molecule has 2 nitrogen and oxygen atoms in total. The molecule has 1 aromatic rings. The van der Waals surface area contributed by atoms with Gasteiger partial charge in [-0.3, -0.25) is 0 Å². The molecular formula is C11H19FN2. The fourth-order valence-corrected chi connectivity index (χ4v) is 0.920. The minimum atomic E-state index is -0.233. The van der Waals surface area contributed by atoms with Crippen LogP contribution in [0.4, 0.5) is 15.8 Å². The number of rotatable bonds is 1. The van der Waals surface area contributed by atoms with Gasteiger partial charge in [0.2, 0.25) is 0 Å².